The molecule has 0 saturated carbocycles. The van der Waals surface area contributed by atoms with E-state index in [1.165, 1.54) is 11.3 Å². The highest BCUT2D eigenvalue weighted by molar-refractivity contribution is 7.14. The molecule has 0 aliphatic heterocycles. The summed E-state index contributed by atoms with van der Waals surface area (Å²) in [5, 5.41) is 6.99. The number of thiazole rings is 1. The fourth-order valence-electron chi connectivity index (χ4n) is 2.35. The van der Waals surface area contributed by atoms with Crippen molar-refractivity contribution in [3.8, 4) is 22.8 Å². The summed E-state index contributed by atoms with van der Waals surface area (Å²) in [4.78, 5) is 4.54. The lowest BCUT2D eigenvalue weighted by Gasteiger charge is -2.10. The van der Waals surface area contributed by atoms with Crippen LogP contribution in [0.15, 0.2) is 59.0 Å². The molecule has 3 aromatic rings. The smallest absolute Gasteiger partial charge is 0.203 e. The Morgan fingerprint density at radius 2 is 1.93 bits per heavy atom. The molecule has 0 radical (unpaired) electrons. The predicted molar refractivity (Wildman–Crippen MR) is 109 cm³/mol. The summed E-state index contributed by atoms with van der Waals surface area (Å²) in [5.41, 5.74) is 5.86. The summed E-state index contributed by atoms with van der Waals surface area (Å²) < 4.78 is 16.0. The molecule has 140 valence electrons. The van der Waals surface area contributed by atoms with E-state index < -0.39 is 0 Å². The first-order valence-corrected chi connectivity index (χ1v) is 9.28. The number of hydrazone groups is 1. The van der Waals surface area contributed by atoms with E-state index in [-0.39, 0.29) is 0 Å². The fraction of sp³-hybridized carbons (Fsp3) is 0.200. The van der Waals surface area contributed by atoms with Crippen LogP contribution in [0.1, 0.15) is 5.56 Å². The molecular weight excluding hydrogens is 362 g/mol. The third kappa shape index (κ3) is 5.29. The molecule has 0 unspecified atom stereocenters. The van der Waals surface area contributed by atoms with E-state index in [0.717, 1.165) is 22.0 Å². The van der Waals surface area contributed by atoms with Crippen molar-refractivity contribution < 1.29 is 14.2 Å². The summed E-state index contributed by atoms with van der Waals surface area (Å²) in [6, 6.07) is 15.7. The molecule has 0 aliphatic carbocycles. The molecule has 1 aromatic heterocycles. The maximum atomic E-state index is 5.62. The highest BCUT2D eigenvalue weighted by Gasteiger charge is 2.05. The van der Waals surface area contributed by atoms with Gasteiger partial charge in [0, 0.05) is 18.1 Å². The molecule has 0 fully saturated rings. The Balaban J connectivity index is 1.62. The number of benzene rings is 2. The maximum absolute atomic E-state index is 5.62. The van der Waals surface area contributed by atoms with Gasteiger partial charge < -0.3 is 14.2 Å². The standard InChI is InChI=1S/C20H21N3O3S/c1-24-10-11-26-18-9-8-15(12-19(18)25-2)13-21-23-20-22-17(14-27-20)16-6-4-3-5-7-16/h3-9,12-14H,10-11H2,1-2H3,(H,22,23). The van der Waals surface area contributed by atoms with E-state index in [1.54, 1.807) is 20.4 Å². The first kappa shape index (κ1) is 18.9. The van der Waals surface area contributed by atoms with Crippen molar-refractivity contribution >= 4 is 22.7 Å². The van der Waals surface area contributed by atoms with Gasteiger partial charge in [0.1, 0.15) is 6.61 Å². The molecule has 0 aliphatic rings. The van der Waals surface area contributed by atoms with Gasteiger partial charge in [0.15, 0.2) is 11.5 Å². The SMILES string of the molecule is COCCOc1ccc(C=NNc2nc(-c3ccccc3)cs2)cc1OC. The predicted octanol–water partition coefficient (Wildman–Crippen LogP) is 4.29. The van der Waals surface area contributed by atoms with Crippen LogP contribution in [-0.4, -0.2) is 38.6 Å². The highest BCUT2D eigenvalue weighted by atomic mass is 32.1. The van der Waals surface area contributed by atoms with Gasteiger partial charge in [-0.25, -0.2) is 4.98 Å². The Kier molecular flexibility index (Phi) is 6.78. The van der Waals surface area contributed by atoms with Crippen LogP contribution < -0.4 is 14.9 Å². The number of hydrogen-bond acceptors (Lipinski definition) is 7. The Morgan fingerprint density at radius 1 is 1.07 bits per heavy atom. The lowest BCUT2D eigenvalue weighted by atomic mass is 10.2. The van der Waals surface area contributed by atoms with Crippen LogP contribution in [0, 0.1) is 0 Å². The van der Waals surface area contributed by atoms with Crippen LogP contribution in [0.3, 0.4) is 0 Å². The minimum absolute atomic E-state index is 0.468. The second-order valence-corrected chi connectivity index (χ2v) is 6.38. The summed E-state index contributed by atoms with van der Waals surface area (Å²) in [6.45, 7) is 0.991. The summed E-state index contributed by atoms with van der Waals surface area (Å²) in [7, 11) is 3.25. The third-order valence-electron chi connectivity index (χ3n) is 3.68. The number of nitrogens with zero attached hydrogens (tertiary/aromatic N) is 2. The molecule has 2 aromatic carbocycles. The number of rotatable bonds is 9. The average molecular weight is 383 g/mol. The molecule has 7 heteroatoms. The zero-order valence-electron chi connectivity index (χ0n) is 15.2. The number of aromatic nitrogens is 1. The molecule has 27 heavy (non-hydrogen) atoms. The van der Waals surface area contributed by atoms with E-state index in [4.69, 9.17) is 14.2 Å². The average Bonchev–Trinajstić information content (AvgIpc) is 3.18. The summed E-state index contributed by atoms with van der Waals surface area (Å²) >= 11 is 1.51. The highest BCUT2D eigenvalue weighted by Crippen LogP contribution is 2.28. The van der Waals surface area contributed by atoms with Crippen molar-refractivity contribution in [1.29, 1.82) is 0 Å². The van der Waals surface area contributed by atoms with E-state index in [2.05, 4.69) is 15.5 Å². The number of anilines is 1. The number of ether oxygens (including phenoxy) is 3. The van der Waals surface area contributed by atoms with Gasteiger partial charge in [0.05, 0.1) is 25.6 Å². The van der Waals surface area contributed by atoms with Crippen molar-refractivity contribution in [3.05, 3.63) is 59.5 Å². The Bertz CT molecular complexity index is 881. The van der Waals surface area contributed by atoms with Crippen LogP contribution >= 0.6 is 11.3 Å². The van der Waals surface area contributed by atoms with E-state index in [9.17, 15) is 0 Å². The van der Waals surface area contributed by atoms with E-state index in [0.29, 0.717) is 24.7 Å². The Hall–Kier alpha value is -2.90. The second-order valence-electron chi connectivity index (χ2n) is 5.53. The molecule has 0 atom stereocenters. The Morgan fingerprint density at radius 3 is 2.70 bits per heavy atom. The van der Waals surface area contributed by atoms with Crippen LogP contribution in [0.4, 0.5) is 5.13 Å². The lowest BCUT2D eigenvalue weighted by molar-refractivity contribution is 0.144. The molecule has 1 N–H and O–H groups in total. The third-order valence-corrected chi connectivity index (χ3v) is 4.43. The molecule has 1 heterocycles. The normalized spacial score (nSPS) is 10.9. The topological polar surface area (TPSA) is 65.0 Å². The quantitative estimate of drug-likeness (QED) is 0.339. The van der Waals surface area contributed by atoms with Gasteiger partial charge in [0.2, 0.25) is 5.13 Å². The van der Waals surface area contributed by atoms with E-state index >= 15 is 0 Å². The molecule has 6 nitrogen and oxygen atoms in total. The van der Waals surface area contributed by atoms with Crippen LogP contribution in [0.5, 0.6) is 11.5 Å². The van der Waals surface area contributed by atoms with Crippen LogP contribution in [-0.2, 0) is 4.74 Å². The van der Waals surface area contributed by atoms with Gasteiger partial charge in [-0.2, -0.15) is 5.10 Å². The number of methoxy groups -OCH3 is 2. The number of hydrogen-bond donors (Lipinski definition) is 1. The minimum Gasteiger partial charge on any atom is -0.493 e. The van der Waals surface area contributed by atoms with E-state index in [1.807, 2.05) is 53.9 Å². The molecule has 0 amide bonds. The number of nitrogens with one attached hydrogen (secondary N) is 1. The van der Waals surface area contributed by atoms with Gasteiger partial charge in [-0.1, -0.05) is 30.3 Å². The van der Waals surface area contributed by atoms with Gasteiger partial charge in [-0.15, -0.1) is 11.3 Å². The lowest BCUT2D eigenvalue weighted by Crippen LogP contribution is -2.05. The summed E-state index contributed by atoms with van der Waals surface area (Å²) in [5.74, 6) is 1.32. The maximum Gasteiger partial charge on any atom is 0.203 e. The first-order chi connectivity index (χ1) is 13.3. The zero-order valence-corrected chi connectivity index (χ0v) is 16.0. The zero-order chi connectivity index (χ0) is 18.9. The van der Waals surface area contributed by atoms with Crippen molar-refractivity contribution in [2.45, 2.75) is 0 Å². The van der Waals surface area contributed by atoms with Crippen molar-refractivity contribution in [2.75, 3.05) is 32.9 Å². The second kappa shape index (κ2) is 9.70. The molecule has 0 spiro atoms. The van der Waals surface area contributed by atoms with Gasteiger partial charge in [-0.3, -0.25) is 5.43 Å². The van der Waals surface area contributed by atoms with Crippen molar-refractivity contribution in [1.82, 2.24) is 4.98 Å². The monoisotopic (exact) mass is 383 g/mol. The van der Waals surface area contributed by atoms with Gasteiger partial charge in [-0.05, 0) is 23.8 Å². The fourth-order valence-corrected chi connectivity index (χ4v) is 3.02. The van der Waals surface area contributed by atoms with Gasteiger partial charge in [0.25, 0.3) is 0 Å². The molecular formula is C20H21N3O3S. The summed E-state index contributed by atoms with van der Waals surface area (Å²) in [6.07, 6.45) is 1.71. The first-order valence-electron chi connectivity index (χ1n) is 8.40. The molecule has 3 rings (SSSR count). The van der Waals surface area contributed by atoms with Gasteiger partial charge >= 0.3 is 0 Å². The van der Waals surface area contributed by atoms with Crippen molar-refractivity contribution in [2.24, 2.45) is 5.10 Å². The Labute approximate surface area is 162 Å². The van der Waals surface area contributed by atoms with Crippen LogP contribution in [0.25, 0.3) is 11.3 Å². The molecule has 0 bridgehead atoms. The van der Waals surface area contributed by atoms with Crippen LogP contribution in [0.2, 0.25) is 0 Å². The van der Waals surface area contributed by atoms with Crippen molar-refractivity contribution in [3.63, 3.8) is 0 Å². The molecule has 0 saturated heterocycles. The largest absolute Gasteiger partial charge is 0.493 e. The minimum atomic E-state index is 0.468.